The number of carbonyl (C=O) groups is 3. The van der Waals surface area contributed by atoms with Crippen LogP contribution in [0.2, 0.25) is 0 Å². The van der Waals surface area contributed by atoms with Gasteiger partial charge in [0.05, 0.1) is 11.4 Å². The van der Waals surface area contributed by atoms with E-state index >= 15 is 0 Å². The maximum Gasteiger partial charge on any atom is 0.332 e. The lowest BCUT2D eigenvalue weighted by atomic mass is 9.87. The van der Waals surface area contributed by atoms with Gasteiger partial charge in [-0.1, -0.05) is 54.1 Å². The summed E-state index contributed by atoms with van der Waals surface area (Å²) in [5, 5.41) is 4.00. The number of amides is 4. The lowest BCUT2D eigenvalue weighted by Crippen LogP contribution is -2.49. The molecule has 4 amide bonds. The minimum atomic E-state index is -1.13. The summed E-state index contributed by atoms with van der Waals surface area (Å²) < 4.78 is 0. The molecule has 2 N–H and O–H groups in total. The van der Waals surface area contributed by atoms with Gasteiger partial charge in [-0.25, -0.2) is 9.69 Å². The molecule has 1 atom stereocenters. The number of aryl methyl sites for hydroxylation is 1. The maximum absolute atomic E-state index is 13.9. The summed E-state index contributed by atoms with van der Waals surface area (Å²) in [7, 11) is 0. The number of carbonyl (C=O) groups excluding carboxylic acids is 3. The van der Waals surface area contributed by atoms with Gasteiger partial charge in [0.15, 0.2) is 5.54 Å². The second-order valence-electron chi connectivity index (χ2n) is 9.64. The lowest BCUT2D eigenvalue weighted by molar-refractivity contribution is -0.125. The quantitative estimate of drug-likeness (QED) is 0.419. The van der Waals surface area contributed by atoms with E-state index < -0.39 is 5.54 Å². The van der Waals surface area contributed by atoms with Crippen molar-refractivity contribution >= 4 is 34.4 Å². The molecule has 2 aliphatic heterocycles. The number of H-pyrrole nitrogens is 1. The molecule has 7 nitrogen and oxygen atoms in total. The van der Waals surface area contributed by atoms with Gasteiger partial charge in [-0.2, -0.15) is 0 Å². The Labute approximate surface area is 208 Å². The van der Waals surface area contributed by atoms with Gasteiger partial charge < -0.3 is 15.2 Å². The number of aromatic amines is 1. The second kappa shape index (κ2) is 8.09. The van der Waals surface area contributed by atoms with Crippen LogP contribution in [0, 0.1) is 6.92 Å². The number of hydrogen-bond acceptors (Lipinski definition) is 3. The summed E-state index contributed by atoms with van der Waals surface area (Å²) in [5.41, 5.74) is 4.60. The molecular weight excluding hydrogens is 452 g/mol. The van der Waals surface area contributed by atoms with Crippen molar-refractivity contribution in [3.63, 3.8) is 0 Å². The van der Waals surface area contributed by atoms with Gasteiger partial charge in [0, 0.05) is 29.6 Å². The van der Waals surface area contributed by atoms with E-state index in [-0.39, 0.29) is 17.8 Å². The van der Waals surface area contributed by atoms with Gasteiger partial charge in [-0.15, -0.1) is 0 Å². The number of urea groups is 1. The summed E-state index contributed by atoms with van der Waals surface area (Å²) in [5.74, 6) is -0.587. The van der Waals surface area contributed by atoms with E-state index in [9.17, 15) is 14.4 Å². The van der Waals surface area contributed by atoms with Crippen LogP contribution in [0.15, 0.2) is 72.8 Å². The van der Waals surface area contributed by atoms with E-state index in [2.05, 4.69) is 10.3 Å². The van der Waals surface area contributed by atoms with E-state index in [4.69, 9.17) is 0 Å². The highest BCUT2D eigenvalue weighted by molar-refractivity contribution is 6.24. The minimum Gasteiger partial charge on any atom is -0.356 e. The third kappa shape index (κ3) is 3.23. The number of para-hydroxylation sites is 1. The SMILES string of the molecule is Cc1ccc(CNC(=O)c2cccc(N3C(=O)N4CCc5c([nH]c6ccccc56)[C@@]4(C)C3=O)c2)cc1. The molecule has 0 saturated carbocycles. The fourth-order valence-corrected chi connectivity index (χ4v) is 5.40. The van der Waals surface area contributed by atoms with Crippen molar-refractivity contribution in [3.05, 3.63) is 101 Å². The number of nitrogens with one attached hydrogen (secondary N) is 2. The molecule has 180 valence electrons. The molecule has 1 saturated heterocycles. The lowest BCUT2D eigenvalue weighted by Gasteiger charge is -2.35. The Morgan fingerprint density at radius 1 is 1.03 bits per heavy atom. The van der Waals surface area contributed by atoms with Crippen LogP contribution in [-0.2, 0) is 23.3 Å². The average molecular weight is 479 g/mol. The molecule has 4 aromatic rings. The Balaban J connectivity index is 1.30. The first-order chi connectivity index (χ1) is 17.4. The molecule has 0 aliphatic carbocycles. The standard InChI is InChI=1S/C29H26N4O3/c1-18-10-12-19(13-11-18)17-30-26(34)20-6-5-7-21(16-20)33-27(35)29(2)25-23(14-15-32(29)28(33)36)22-8-3-4-9-24(22)31-25/h3-13,16,31H,14-15,17H2,1-2H3,(H,30,34)/t29-/m0/s1. The first-order valence-corrected chi connectivity index (χ1v) is 12.1. The zero-order chi connectivity index (χ0) is 25.0. The smallest absolute Gasteiger partial charge is 0.332 e. The number of anilines is 1. The van der Waals surface area contributed by atoms with E-state index in [1.807, 2.05) is 55.5 Å². The van der Waals surface area contributed by atoms with Crippen LogP contribution < -0.4 is 10.2 Å². The number of rotatable bonds is 4. The third-order valence-corrected chi connectivity index (χ3v) is 7.41. The molecule has 0 spiro atoms. The Morgan fingerprint density at radius 2 is 1.81 bits per heavy atom. The second-order valence-corrected chi connectivity index (χ2v) is 9.64. The maximum atomic E-state index is 13.9. The Bertz CT molecular complexity index is 1540. The van der Waals surface area contributed by atoms with Crippen LogP contribution >= 0.6 is 0 Å². The highest BCUT2D eigenvalue weighted by Crippen LogP contribution is 2.45. The summed E-state index contributed by atoms with van der Waals surface area (Å²) in [4.78, 5) is 46.5. The summed E-state index contributed by atoms with van der Waals surface area (Å²) >= 11 is 0. The van der Waals surface area contributed by atoms with Crippen LogP contribution in [0.3, 0.4) is 0 Å². The van der Waals surface area contributed by atoms with Gasteiger partial charge in [0.25, 0.3) is 11.8 Å². The Hall–Kier alpha value is -4.39. The number of imide groups is 1. The zero-order valence-corrected chi connectivity index (χ0v) is 20.2. The van der Waals surface area contributed by atoms with Gasteiger partial charge in [-0.05, 0) is 55.7 Å². The van der Waals surface area contributed by atoms with Crippen LogP contribution in [-0.4, -0.2) is 34.3 Å². The predicted octanol–water partition coefficient (Wildman–Crippen LogP) is 4.65. The van der Waals surface area contributed by atoms with Gasteiger partial charge in [-0.3, -0.25) is 9.59 Å². The average Bonchev–Trinajstić information content (AvgIpc) is 3.37. The van der Waals surface area contributed by atoms with Crippen LogP contribution in [0.4, 0.5) is 10.5 Å². The molecular formula is C29H26N4O3. The number of nitrogens with zero attached hydrogens (tertiary/aromatic N) is 2. The Morgan fingerprint density at radius 3 is 2.61 bits per heavy atom. The molecule has 1 aromatic heterocycles. The van der Waals surface area contributed by atoms with Crippen LogP contribution in [0.5, 0.6) is 0 Å². The highest BCUT2D eigenvalue weighted by Gasteiger charge is 2.59. The number of benzene rings is 3. The fraction of sp³-hybridized carbons (Fsp3) is 0.207. The third-order valence-electron chi connectivity index (χ3n) is 7.41. The molecule has 0 radical (unpaired) electrons. The predicted molar refractivity (Wildman–Crippen MR) is 138 cm³/mol. The summed E-state index contributed by atoms with van der Waals surface area (Å²) in [6.07, 6.45) is 0.670. The van der Waals surface area contributed by atoms with E-state index in [1.54, 1.807) is 36.1 Å². The number of fused-ring (bicyclic) bond motifs is 5. The topological polar surface area (TPSA) is 85.5 Å². The van der Waals surface area contributed by atoms with Gasteiger partial charge in [0.1, 0.15) is 0 Å². The largest absolute Gasteiger partial charge is 0.356 e. The molecule has 0 unspecified atom stereocenters. The molecule has 3 aromatic carbocycles. The summed E-state index contributed by atoms with van der Waals surface area (Å²) in [6.45, 7) is 4.66. The molecule has 6 rings (SSSR count). The van der Waals surface area contributed by atoms with Crippen molar-refractivity contribution in [1.29, 1.82) is 0 Å². The van der Waals surface area contributed by atoms with Crippen LogP contribution in [0.25, 0.3) is 10.9 Å². The molecule has 1 fully saturated rings. The van der Waals surface area contributed by atoms with Crippen molar-refractivity contribution in [3.8, 4) is 0 Å². The fourth-order valence-electron chi connectivity index (χ4n) is 5.40. The first-order valence-electron chi connectivity index (χ1n) is 12.1. The van der Waals surface area contributed by atoms with Gasteiger partial charge in [0.2, 0.25) is 0 Å². The zero-order valence-electron chi connectivity index (χ0n) is 20.2. The van der Waals surface area contributed by atoms with E-state index in [0.717, 1.165) is 33.3 Å². The van der Waals surface area contributed by atoms with Crippen molar-refractivity contribution in [2.45, 2.75) is 32.4 Å². The Kier molecular flexibility index (Phi) is 4.96. The first kappa shape index (κ1) is 22.1. The molecule has 2 aliphatic rings. The van der Waals surface area contributed by atoms with E-state index in [1.165, 1.54) is 4.90 Å². The highest BCUT2D eigenvalue weighted by atomic mass is 16.2. The minimum absolute atomic E-state index is 0.265. The van der Waals surface area contributed by atoms with Crippen molar-refractivity contribution in [2.24, 2.45) is 0 Å². The van der Waals surface area contributed by atoms with Crippen molar-refractivity contribution in [2.75, 3.05) is 11.4 Å². The van der Waals surface area contributed by atoms with Crippen molar-refractivity contribution in [1.82, 2.24) is 15.2 Å². The number of aromatic nitrogens is 1. The molecule has 7 heteroatoms. The number of hydrogen-bond donors (Lipinski definition) is 2. The molecule has 36 heavy (non-hydrogen) atoms. The van der Waals surface area contributed by atoms with E-state index in [0.29, 0.717) is 30.8 Å². The van der Waals surface area contributed by atoms with Crippen molar-refractivity contribution < 1.29 is 14.4 Å². The molecule has 3 heterocycles. The van der Waals surface area contributed by atoms with Crippen LogP contribution in [0.1, 0.15) is 39.7 Å². The van der Waals surface area contributed by atoms with Gasteiger partial charge >= 0.3 is 6.03 Å². The monoisotopic (exact) mass is 478 g/mol. The molecule has 0 bridgehead atoms. The normalized spacial score (nSPS) is 18.9. The summed E-state index contributed by atoms with van der Waals surface area (Å²) in [6, 6.07) is 22.2.